The van der Waals surface area contributed by atoms with Gasteiger partial charge in [0, 0.05) is 18.1 Å². The zero-order valence-electron chi connectivity index (χ0n) is 13.8. The molecular formula is C17H22ClN5O. The number of anilines is 1. The number of nitrogens with zero attached hydrogens (tertiary/aromatic N) is 4. The number of aromatic nitrogens is 1. The topological polar surface area (TPSA) is 61.8 Å². The van der Waals surface area contributed by atoms with E-state index in [9.17, 15) is 0 Å². The summed E-state index contributed by atoms with van der Waals surface area (Å²) in [6.07, 6.45) is 2.30. The van der Waals surface area contributed by atoms with Gasteiger partial charge < -0.3 is 9.32 Å². The quantitative estimate of drug-likeness (QED) is 0.850. The van der Waals surface area contributed by atoms with Crippen LogP contribution in [-0.2, 0) is 0 Å². The fraction of sp³-hybridized carbons (Fsp3) is 0.588. The van der Waals surface area contributed by atoms with Crippen molar-refractivity contribution in [3.63, 3.8) is 0 Å². The lowest BCUT2D eigenvalue weighted by molar-refractivity contribution is -0.0432. The van der Waals surface area contributed by atoms with Crippen molar-refractivity contribution in [1.29, 1.82) is 0 Å². The molecule has 4 aliphatic heterocycles. The van der Waals surface area contributed by atoms with Gasteiger partial charge >= 0.3 is 6.01 Å². The van der Waals surface area contributed by atoms with Crippen molar-refractivity contribution in [3.05, 3.63) is 23.2 Å². The summed E-state index contributed by atoms with van der Waals surface area (Å²) in [5.74, 6) is 0.697. The van der Waals surface area contributed by atoms with Crippen LogP contribution in [-0.4, -0.2) is 59.8 Å². The van der Waals surface area contributed by atoms with Crippen molar-refractivity contribution in [2.45, 2.75) is 24.7 Å². The molecule has 0 saturated carbocycles. The SMILES string of the molecule is CN1C(N)N(c2nc3cc(Cl)ccc3o2)CC12CN1CCC2CC1. The number of likely N-dealkylation sites (N-methyl/N-ethyl adjacent to an activating group) is 1. The molecule has 2 N–H and O–H groups in total. The van der Waals surface area contributed by atoms with Crippen molar-refractivity contribution >= 4 is 28.7 Å². The smallest absolute Gasteiger partial charge is 0.300 e. The predicted molar refractivity (Wildman–Crippen MR) is 94.0 cm³/mol. The molecule has 2 unspecified atom stereocenters. The normalized spacial score (nSPS) is 36.3. The van der Waals surface area contributed by atoms with Crippen molar-refractivity contribution in [2.24, 2.45) is 11.7 Å². The summed E-state index contributed by atoms with van der Waals surface area (Å²) in [4.78, 5) is 11.6. The van der Waals surface area contributed by atoms with Crippen LogP contribution in [0, 0.1) is 5.92 Å². The molecule has 6 nitrogen and oxygen atoms in total. The number of piperidine rings is 3. The van der Waals surface area contributed by atoms with Gasteiger partial charge in [-0.25, -0.2) is 0 Å². The fourth-order valence-corrected chi connectivity index (χ4v) is 5.05. The third-order valence-electron chi connectivity index (χ3n) is 6.29. The number of hydrogen-bond donors (Lipinski definition) is 1. The van der Waals surface area contributed by atoms with Crippen LogP contribution in [0.5, 0.6) is 0 Å². The summed E-state index contributed by atoms with van der Waals surface area (Å²) >= 11 is 6.07. The molecule has 7 heteroatoms. The number of rotatable bonds is 1. The molecule has 2 atom stereocenters. The Balaban J connectivity index is 1.52. The van der Waals surface area contributed by atoms with Gasteiger partial charge in [0.1, 0.15) is 11.8 Å². The van der Waals surface area contributed by atoms with E-state index < -0.39 is 0 Å². The first-order valence-corrected chi connectivity index (χ1v) is 8.98. The fourth-order valence-electron chi connectivity index (χ4n) is 4.89. The third-order valence-corrected chi connectivity index (χ3v) is 6.53. The molecule has 1 aromatic carbocycles. The molecule has 128 valence electrons. The van der Waals surface area contributed by atoms with Crippen LogP contribution < -0.4 is 10.6 Å². The van der Waals surface area contributed by atoms with Gasteiger partial charge in [-0.1, -0.05) is 11.6 Å². The Labute approximate surface area is 146 Å². The highest BCUT2D eigenvalue weighted by Crippen LogP contribution is 2.44. The van der Waals surface area contributed by atoms with E-state index in [0.717, 1.165) is 24.2 Å². The summed E-state index contributed by atoms with van der Waals surface area (Å²) in [7, 11) is 2.14. The summed E-state index contributed by atoms with van der Waals surface area (Å²) < 4.78 is 5.98. The summed E-state index contributed by atoms with van der Waals surface area (Å²) in [6.45, 7) is 4.39. The predicted octanol–water partition coefficient (Wildman–Crippen LogP) is 1.94. The average Bonchev–Trinajstić information content (AvgIpc) is 3.11. The number of halogens is 1. The average molecular weight is 348 g/mol. The molecular weight excluding hydrogens is 326 g/mol. The molecule has 4 aliphatic rings. The molecule has 0 radical (unpaired) electrons. The van der Waals surface area contributed by atoms with Gasteiger partial charge in [-0.2, -0.15) is 4.98 Å². The third kappa shape index (κ3) is 1.97. The molecule has 1 aromatic heterocycles. The maximum atomic E-state index is 6.55. The number of hydrogen-bond acceptors (Lipinski definition) is 6. The standard InChI is InChI=1S/C17H22ClN5O/c1-21-15(19)23(10-17(21)9-22-6-4-11(17)5-7-22)16-20-13-8-12(18)2-3-14(13)24-16/h2-3,8,11,15H,4-7,9-10,19H2,1H3. The summed E-state index contributed by atoms with van der Waals surface area (Å²) in [6, 6.07) is 6.12. The maximum absolute atomic E-state index is 6.55. The van der Waals surface area contributed by atoms with E-state index in [1.165, 1.54) is 25.9 Å². The lowest BCUT2D eigenvalue weighted by Crippen LogP contribution is -2.66. The van der Waals surface area contributed by atoms with Crippen LogP contribution in [0.15, 0.2) is 22.6 Å². The molecule has 2 aromatic rings. The van der Waals surface area contributed by atoms with E-state index in [2.05, 4.69) is 26.7 Å². The van der Waals surface area contributed by atoms with Gasteiger partial charge in [-0.05, 0) is 57.1 Å². The van der Waals surface area contributed by atoms with Gasteiger partial charge in [-0.15, -0.1) is 0 Å². The minimum atomic E-state index is -0.214. The second kappa shape index (κ2) is 5.08. The molecule has 5 heterocycles. The first-order chi connectivity index (χ1) is 11.6. The van der Waals surface area contributed by atoms with Gasteiger partial charge in [-0.3, -0.25) is 15.5 Å². The molecule has 24 heavy (non-hydrogen) atoms. The molecule has 0 aliphatic carbocycles. The Bertz CT molecular complexity index is 786. The van der Waals surface area contributed by atoms with Crippen molar-refractivity contribution < 1.29 is 4.42 Å². The zero-order valence-corrected chi connectivity index (χ0v) is 14.5. The highest BCUT2D eigenvalue weighted by atomic mass is 35.5. The van der Waals surface area contributed by atoms with Gasteiger partial charge in [0.15, 0.2) is 5.58 Å². The summed E-state index contributed by atoms with van der Waals surface area (Å²) in [5.41, 5.74) is 8.19. The molecule has 6 rings (SSSR count). The van der Waals surface area contributed by atoms with Crippen LogP contribution in [0.4, 0.5) is 6.01 Å². The lowest BCUT2D eigenvalue weighted by Gasteiger charge is -2.54. The van der Waals surface area contributed by atoms with Crippen LogP contribution in [0.3, 0.4) is 0 Å². The maximum Gasteiger partial charge on any atom is 0.300 e. The van der Waals surface area contributed by atoms with Crippen LogP contribution in [0.25, 0.3) is 11.1 Å². The number of benzene rings is 1. The van der Waals surface area contributed by atoms with Crippen LogP contribution in [0.1, 0.15) is 12.8 Å². The Morgan fingerprint density at radius 2 is 2.08 bits per heavy atom. The van der Waals surface area contributed by atoms with E-state index in [0.29, 0.717) is 17.0 Å². The molecule has 0 amide bonds. The number of oxazole rings is 1. The van der Waals surface area contributed by atoms with E-state index in [1.54, 1.807) is 0 Å². The second-order valence-electron chi connectivity index (χ2n) is 7.41. The minimum absolute atomic E-state index is 0.105. The zero-order chi connectivity index (χ0) is 16.5. The Hall–Kier alpha value is -1.34. The van der Waals surface area contributed by atoms with Gasteiger partial charge in [0.2, 0.25) is 0 Å². The lowest BCUT2D eigenvalue weighted by atomic mass is 9.72. The van der Waals surface area contributed by atoms with Crippen LogP contribution >= 0.6 is 11.6 Å². The largest absolute Gasteiger partial charge is 0.423 e. The van der Waals surface area contributed by atoms with Crippen LogP contribution in [0.2, 0.25) is 5.02 Å². The van der Waals surface area contributed by atoms with Crippen molar-refractivity contribution in [1.82, 2.24) is 14.8 Å². The van der Waals surface area contributed by atoms with Gasteiger partial charge in [0.25, 0.3) is 0 Å². The van der Waals surface area contributed by atoms with E-state index in [-0.39, 0.29) is 11.8 Å². The highest BCUT2D eigenvalue weighted by Gasteiger charge is 2.56. The van der Waals surface area contributed by atoms with Crippen molar-refractivity contribution in [2.75, 3.05) is 38.1 Å². The van der Waals surface area contributed by atoms with E-state index >= 15 is 0 Å². The first kappa shape index (κ1) is 15.0. The molecule has 4 saturated heterocycles. The van der Waals surface area contributed by atoms with Gasteiger partial charge in [0.05, 0.1) is 5.54 Å². The Morgan fingerprint density at radius 1 is 1.29 bits per heavy atom. The second-order valence-corrected chi connectivity index (χ2v) is 7.85. The monoisotopic (exact) mass is 347 g/mol. The summed E-state index contributed by atoms with van der Waals surface area (Å²) in [5, 5.41) is 0.666. The molecule has 2 bridgehead atoms. The number of nitrogens with two attached hydrogens (primary N) is 1. The van der Waals surface area contributed by atoms with E-state index in [4.69, 9.17) is 21.8 Å². The molecule has 1 spiro atoms. The minimum Gasteiger partial charge on any atom is -0.423 e. The van der Waals surface area contributed by atoms with Crippen molar-refractivity contribution in [3.8, 4) is 0 Å². The molecule has 4 fully saturated rings. The Morgan fingerprint density at radius 3 is 2.79 bits per heavy atom. The first-order valence-electron chi connectivity index (χ1n) is 8.60. The Kier molecular flexibility index (Phi) is 3.17. The highest BCUT2D eigenvalue weighted by molar-refractivity contribution is 6.31. The number of fused-ring (bicyclic) bond motifs is 3. The van der Waals surface area contributed by atoms with E-state index in [1.807, 2.05) is 18.2 Å².